The van der Waals surface area contributed by atoms with E-state index in [0.717, 1.165) is 11.1 Å². The predicted molar refractivity (Wildman–Crippen MR) is 70.3 cm³/mol. The molecule has 2 aromatic rings. The predicted octanol–water partition coefficient (Wildman–Crippen LogP) is 2.87. The molecule has 1 amide bonds. The van der Waals surface area contributed by atoms with Crippen molar-refractivity contribution >= 4 is 28.6 Å². The Bertz CT molecular complexity index is 631. The van der Waals surface area contributed by atoms with Crippen molar-refractivity contribution in [1.29, 1.82) is 0 Å². The fourth-order valence-electron chi connectivity index (χ4n) is 1.64. The third kappa shape index (κ3) is 2.70. The molecule has 0 aliphatic rings. The van der Waals surface area contributed by atoms with Crippen molar-refractivity contribution in [2.45, 2.75) is 13.8 Å². The Hall–Kier alpha value is -2.02. The van der Waals surface area contributed by atoms with E-state index < -0.39 is 17.5 Å². The molecule has 4 nitrogen and oxygen atoms in total. The number of nitrogens with one attached hydrogen (secondary N) is 1. The number of hydrogen-bond donors (Lipinski definition) is 2. The third-order valence-corrected chi connectivity index (χ3v) is 3.51. The van der Waals surface area contributed by atoms with Crippen molar-refractivity contribution in [2.75, 3.05) is 11.1 Å². The number of aryl methyl sites for hydroxylation is 2. The van der Waals surface area contributed by atoms with Gasteiger partial charge in [0, 0.05) is 6.07 Å². The Balaban J connectivity index is 2.32. The molecule has 0 bridgehead atoms. The minimum atomic E-state index is -0.912. The van der Waals surface area contributed by atoms with Crippen molar-refractivity contribution in [3.05, 3.63) is 39.3 Å². The molecule has 0 radical (unpaired) electrons. The van der Waals surface area contributed by atoms with Gasteiger partial charge in [-0.2, -0.15) is 0 Å². The lowest BCUT2D eigenvalue weighted by Gasteiger charge is -2.08. The molecule has 2 rings (SSSR count). The Labute approximate surface area is 112 Å². The van der Waals surface area contributed by atoms with E-state index in [-0.39, 0.29) is 11.4 Å². The average Bonchev–Trinajstić information content (AvgIpc) is 2.62. The first-order valence-corrected chi connectivity index (χ1v) is 6.20. The van der Waals surface area contributed by atoms with Crippen LogP contribution in [0.3, 0.4) is 0 Å². The molecule has 0 fully saturated rings. The molecule has 1 aromatic carbocycles. The zero-order chi connectivity index (χ0) is 14.2. The number of hydrogen-bond acceptors (Lipinski definition) is 4. The number of benzene rings is 1. The summed E-state index contributed by atoms with van der Waals surface area (Å²) in [5.41, 5.74) is 5.65. The van der Waals surface area contributed by atoms with Gasteiger partial charge in [0.25, 0.3) is 5.91 Å². The van der Waals surface area contributed by atoms with Crippen LogP contribution >= 0.6 is 11.3 Å². The van der Waals surface area contributed by atoms with Crippen molar-refractivity contribution in [3.8, 4) is 0 Å². The SMILES string of the molecule is Cc1nc(C)c(C(=O)Nc2c(N)cc(F)cc2F)s1. The second kappa shape index (κ2) is 4.93. The van der Waals surface area contributed by atoms with Crippen LogP contribution in [-0.4, -0.2) is 10.9 Å². The Morgan fingerprint density at radius 3 is 2.58 bits per heavy atom. The molecule has 0 atom stereocenters. The van der Waals surface area contributed by atoms with Gasteiger partial charge >= 0.3 is 0 Å². The van der Waals surface area contributed by atoms with Crippen LogP contribution < -0.4 is 11.1 Å². The maximum Gasteiger partial charge on any atom is 0.267 e. The molecule has 0 spiro atoms. The molecule has 0 aliphatic carbocycles. The average molecular weight is 283 g/mol. The number of aromatic nitrogens is 1. The topological polar surface area (TPSA) is 68.0 Å². The number of anilines is 2. The van der Waals surface area contributed by atoms with Gasteiger partial charge in [0.2, 0.25) is 0 Å². The number of thiazole rings is 1. The molecular formula is C12H11F2N3OS. The fraction of sp³-hybridized carbons (Fsp3) is 0.167. The van der Waals surface area contributed by atoms with Gasteiger partial charge < -0.3 is 11.1 Å². The molecule has 0 saturated carbocycles. The smallest absolute Gasteiger partial charge is 0.267 e. The molecule has 3 N–H and O–H groups in total. The Morgan fingerprint density at radius 1 is 1.37 bits per heavy atom. The normalized spacial score (nSPS) is 10.5. The monoisotopic (exact) mass is 283 g/mol. The minimum Gasteiger partial charge on any atom is -0.397 e. The van der Waals surface area contributed by atoms with Crippen LogP contribution in [0, 0.1) is 25.5 Å². The van der Waals surface area contributed by atoms with Crippen LogP contribution in [0.5, 0.6) is 0 Å². The molecule has 0 saturated heterocycles. The molecule has 7 heteroatoms. The van der Waals surface area contributed by atoms with Gasteiger partial charge in [-0.3, -0.25) is 4.79 Å². The van der Waals surface area contributed by atoms with Gasteiger partial charge in [0.05, 0.1) is 16.4 Å². The van der Waals surface area contributed by atoms with E-state index in [1.165, 1.54) is 11.3 Å². The number of carbonyl (C=O) groups excluding carboxylic acids is 1. The summed E-state index contributed by atoms with van der Waals surface area (Å²) in [6.07, 6.45) is 0. The van der Waals surface area contributed by atoms with Crippen molar-refractivity contribution in [1.82, 2.24) is 4.98 Å². The number of nitrogens with two attached hydrogens (primary N) is 1. The van der Waals surface area contributed by atoms with Crippen molar-refractivity contribution in [3.63, 3.8) is 0 Å². The second-order valence-electron chi connectivity index (χ2n) is 3.95. The second-order valence-corrected chi connectivity index (χ2v) is 5.16. The highest BCUT2D eigenvalue weighted by molar-refractivity contribution is 7.13. The van der Waals surface area contributed by atoms with Crippen LogP contribution in [0.4, 0.5) is 20.2 Å². The lowest BCUT2D eigenvalue weighted by Crippen LogP contribution is -2.14. The molecular weight excluding hydrogens is 272 g/mol. The summed E-state index contributed by atoms with van der Waals surface area (Å²) in [6.45, 7) is 3.45. The van der Waals surface area contributed by atoms with E-state index in [9.17, 15) is 13.6 Å². The molecule has 19 heavy (non-hydrogen) atoms. The number of amides is 1. The Morgan fingerprint density at radius 2 is 2.05 bits per heavy atom. The van der Waals surface area contributed by atoms with Crippen LogP contribution in [0.25, 0.3) is 0 Å². The number of halogens is 2. The van der Waals surface area contributed by atoms with Crippen molar-refractivity contribution < 1.29 is 13.6 Å². The number of nitrogens with zero attached hydrogens (tertiary/aromatic N) is 1. The minimum absolute atomic E-state index is 0.162. The molecule has 100 valence electrons. The maximum absolute atomic E-state index is 13.5. The van der Waals surface area contributed by atoms with Gasteiger partial charge in [0.1, 0.15) is 16.4 Å². The van der Waals surface area contributed by atoms with Crippen LogP contribution in [-0.2, 0) is 0 Å². The first-order valence-electron chi connectivity index (χ1n) is 5.38. The standard InChI is InChI=1S/C12H11F2N3OS/c1-5-11(19-6(2)16-5)12(18)17-10-8(14)3-7(13)4-9(10)15/h3-4H,15H2,1-2H3,(H,17,18). The first kappa shape index (κ1) is 13.4. The van der Waals surface area contributed by atoms with Gasteiger partial charge in [0.15, 0.2) is 5.82 Å². The lowest BCUT2D eigenvalue weighted by atomic mass is 10.2. The van der Waals surface area contributed by atoms with E-state index in [2.05, 4.69) is 10.3 Å². The highest BCUT2D eigenvalue weighted by Crippen LogP contribution is 2.26. The summed E-state index contributed by atoms with van der Waals surface area (Å²) >= 11 is 1.20. The van der Waals surface area contributed by atoms with Crippen LogP contribution in [0.15, 0.2) is 12.1 Å². The van der Waals surface area contributed by atoms with Crippen LogP contribution in [0.2, 0.25) is 0 Å². The largest absolute Gasteiger partial charge is 0.397 e. The van der Waals surface area contributed by atoms with Gasteiger partial charge in [-0.15, -0.1) is 11.3 Å². The number of carbonyl (C=O) groups is 1. The van der Waals surface area contributed by atoms with Crippen molar-refractivity contribution in [2.24, 2.45) is 0 Å². The summed E-state index contributed by atoms with van der Waals surface area (Å²) in [5.74, 6) is -2.22. The zero-order valence-corrected chi connectivity index (χ0v) is 11.1. The molecule has 0 aliphatic heterocycles. The summed E-state index contributed by atoms with van der Waals surface area (Å²) in [5, 5.41) is 3.07. The summed E-state index contributed by atoms with van der Waals surface area (Å²) in [4.78, 5) is 16.5. The van der Waals surface area contributed by atoms with Crippen LogP contribution in [0.1, 0.15) is 20.4 Å². The highest BCUT2D eigenvalue weighted by Gasteiger charge is 2.17. The Kier molecular flexibility index (Phi) is 3.48. The van der Waals surface area contributed by atoms with Gasteiger partial charge in [-0.05, 0) is 19.9 Å². The van der Waals surface area contributed by atoms with Gasteiger partial charge in [-0.25, -0.2) is 13.8 Å². The maximum atomic E-state index is 13.5. The molecule has 1 heterocycles. The summed E-state index contributed by atoms with van der Waals surface area (Å²) in [7, 11) is 0. The quantitative estimate of drug-likeness (QED) is 0.833. The fourth-order valence-corrected chi connectivity index (χ4v) is 2.45. The lowest BCUT2D eigenvalue weighted by molar-refractivity contribution is 0.102. The van der Waals surface area contributed by atoms with E-state index in [4.69, 9.17) is 5.73 Å². The van der Waals surface area contributed by atoms with E-state index in [1.54, 1.807) is 13.8 Å². The summed E-state index contributed by atoms with van der Waals surface area (Å²) in [6, 6.07) is 1.61. The van der Waals surface area contributed by atoms with E-state index in [0.29, 0.717) is 16.6 Å². The zero-order valence-electron chi connectivity index (χ0n) is 10.3. The number of nitrogen functional groups attached to an aromatic ring is 1. The highest BCUT2D eigenvalue weighted by atomic mass is 32.1. The first-order chi connectivity index (χ1) is 8.88. The van der Waals surface area contributed by atoms with E-state index >= 15 is 0 Å². The molecule has 0 unspecified atom stereocenters. The third-order valence-electron chi connectivity index (χ3n) is 2.43. The van der Waals surface area contributed by atoms with E-state index in [1.807, 2.05) is 0 Å². The molecule has 1 aromatic heterocycles. The number of rotatable bonds is 2. The van der Waals surface area contributed by atoms with Gasteiger partial charge in [-0.1, -0.05) is 0 Å². The summed E-state index contributed by atoms with van der Waals surface area (Å²) < 4.78 is 26.4.